The van der Waals surface area contributed by atoms with Gasteiger partial charge in [-0.2, -0.15) is 0 Å². The second-order valence-electron chi connectivity index (χ2n) is 5.05. The molecule has 0 aromatic heterocycles. The molecule has 1 saturated carbocycles. The topological polar surface area (TPSA) is 21.3 Å². The molecule has 5 heteroatoms. The summed E-state index contributed by atoms with van der Waals surface area (Å²) in [5, 5.41) is 4.02. The number of benzene rings is 2. The smallest absolute Gasteiger partial charge is 0.165 e. The van der Waals surface area contributed by atoms with Gasteiger partial charge in [0.05, 0.1) is 0 Å². The molecule has 0 spiro atoms. The third-order valence-electron chi connectivity index (χ3n) is 3.33. The lowest BCUT2D eigenvalue weighted by atomic mass is 10.2. The molecule has 1 N–H and O–H groups in total. The van der Waals surface area contributed by atoms with Gasteiger partial charge in [-0.05, 0) is 43.2 Å². The Bertz CT molecular complexity index is 661. The Balaban J connectivity index is 1.86. The van der Waals surface area contributed by atoms with Crippen LogP contribution >= 0.6 is 27.5 Å². The van der Waals surface area contributed by atoms with Crippen molar-refractivity contribution < 1.29 is 9.13 Å². The molecule has 0 saturated heterocycles. The Morgan fingerprint density at radius 1 is 1.24 bits per heavy atom. The van der Waals surface area contributed by atoms with Crippen molar-refractivity contribution in [1.82, 2.24) is 5.32 Å². The van der Waals surface area contributed by atoms with Gasteiger partial charge in [0.1, 0.15) is 5.75 Å². The van der Waals surface area contributed by atoms with Crippen LogP contribution in [0.15, 0.2) is 40.9 Å². The van der Waals surface area contributed by atoms with Gasteiger partial charge in [-0.3, -0.25) is 0 Å². The van der Waals surface area contributed by atoms with Gasteiger partial charge >= 0.3 is 0 Å². The number of ether oxygens (including phenoxy) is 1. The molecular formula is C16H14BrClFNO. The van der Waals surface area contributed by atoms with Crippen LogP contribution in [0.2, 0.25) is 5.02 Å². The van der Waals surface area contributed by atoms with Gasteiger partial charge in [0.15, 0.2) is 11.6 Å². The van der Waals surface area contributed by atoms with Crippen LogP contribution in [0.5, 0.6) is 11.5 Å². The van der Waals surface area contributed by atoms with Gasteiger partial charge < -0.3 is 10.1 Å². The van der Waals surface area contributed by atoms with Crippen molar-refractivity contribution in [3.05, 3.63) is 57.3 Å². The van der Waals surface area contributed by atoms with Crippen LogP contribution in [0.1, 0.15) is 18.4 Å². The molecule has 0 aliphatic heterocycles. The average molecular weight is 371 g/mol. The van der Waals surface area contributed by atoms with Crippen molar-refractivity contribution in [2.24, 2.45) is 0 Å². The zero-order valence-corrected chi connectivity index (χ0v) is 13.5. The molecule has 0 unspecified atom stereocenters. The van der Waals surface area contributed by atoms with E-state index in [1.54, 1.807) is 24.3 Å². The molecule has 110 valence electrons. The minimum Gasteiger partial charge on any atom is -0.454 e. The summed E-state index contributed by atoms with van der Waals surface area (Å²) in [5.74, 6) is 0.353. The monoisotopic (exact) mass is 369 g/mol. The number of hydrogen-bond acceptors (Lipinski definition) is 2. The van der Waals surface area contributed by atoms with E-state index in [1.165, 1.54) is 18.9 Å². The largest absolute Gasteiger partial charge is 0.454 e. The van der Waals surface area contributed by atoms with Crippen LogP contribution in [0.3, 0.4) is 0 Å². The summed E-state index contributed by atoms with van der Waals surface area (Å²) < 4.78 is 20.3. The van der Waals surface area contributed by atoms with Crippen molar-refractivity contribution >= 4 is 27.5 Å². The highest BCUT2D eigenvalue weighted by Crippen LogP contribution is 2.33. The SMILES string of the molecule is Fc1ccc(Br)cc1Oc1cccc(Cl)c1CNC1CC1. The third kappa shape index (κ3) is 3.76. The van der Waals surface area contributed by atoms with Gasteiger partial charge in [0.2, 0.25) is 0 Å². The molecule has 0 radical (unpaired) electrons. The molecule has 0 atom stereocenters. The summed E-state index contributed by atoms with van der Waals surface area (Å²) in [6.07, 6.45) is 2.39. The highest BCUT2D eigenvalue weighted by Gasteiger charge is 2.21. The van der Waals surface area contributed by atoms with Gasteiger partial charge in [0, 0.05) is 27.6 Å². The summed E-state index contributed by atoms with van der Waals surface area (Å²) in [4.78, 5) is 0. The van der Waals surface area contributed by atoms with Crippen LogP contribution < -0.4 is 10.1 Å². The zero-order valence-electron chi connectivity index (χ0n) is 11.2. The molecule has 2 aromatic carbocycles. The van der Waals surface area contributed by atoms with E-state index >= 15 is 0 Å². The van der Waals surface area contributed by atoms with E-state index in [1.807, 2.05) is 6.07 Å². The molecule has 21 heavy (non-hydrogen) atoms. The lowest BCUT2D eigenvalue weighted by Gasteiger charge is -2.14. The second kappa shape index (κ2) is 6.34. The maximum Gasteiger partial charge on any atom is 0.165 e. The van der Waals surface area contributed by atoms with E-state index in [9.17, 15) is 4.39 Å². The molecule has 1 aliphatic rings. The number of nitrogens with one attached hydrogen (secondary N) is 1. The van der Waals surface area contributed by atoms with Crippen LogP contribution in [0.4, 0.5) is 4.39 Å². The molecule has 3 rings (SSSR count). The Morgan fingerprint density at radius 2 is 2.05 bits per heavy atom. The van der Waals surface area contributed by atoms with Crippen molar-refractivity contribution in [2.45, 2.75) is 25.4 Å². The molecule has 2 nitrogen and oxygen atoms in total. The Morgan fingerprint density at radius 3 is 2.81 bits per heavy atom. The van der Waals surface area contributed by atoms with E-state index in [0.29, 0.717) is 23.4 Å². The van der Waals surface area contributed by atoms with E-state index in [4.69, 9.17) is 16.3 Å². The standard InChI is InChI=1S/C16H14BrClFNO/c17-10-4-7-14(19)16(8-10)21-15-3-1-2-13(18)12(15)9-20-11-5-6-11/h1-4,7-8,11,20H,5-6,9H2. The quantitative estimate of drug-likeness (QED) is 0.772. The molecule has 1 aliphatic carbocycles. The highest BCUT2D eigenvalue weighted by atomic mass is 79.9. The van der Waals surface area contributed by atoms with Gasteiger partial charge in [-0.1, -0.05) is 33.6 Å². The predicted molar refractivity (Wildman–Crippen MR) is 85.5 cm³/mol. The average Bonchev–Trinajstić information content (AvgIpc) is 3.26. The van der Waals surface area contributed by atoms with Crippen LogP contribution in [-0.2, 0) is 6.54 Å². The Kier molecular flexibility index (Phi) is 4.48. The molecule has 0 bridgehead atoms. The van der Waals surface area contributed by atoms with E-state index in [0.717, 1.165) is 10.0 Å². The molecule has 1 fully saturated rings. The molecular weight excluding hydrogens is 357 g/mol. The number of rotatable bonds is 5. The Labute approximate surface area is 136 Å². The van der Waals surface area contributed by atoms with Crippen molar-refractivity contribution in [1.29, 1.82) is 0 Å². The van der Waals surface area contributed by atoms with Crippen LogP contribution in [-0.4, -0.2) is 6.04 Å². The fourth-order valence-electron chi connectivity index (χ4n) is 2.01. The van der Waals surface area contributed by atoms with Crippen molar-refractivity contribution in [3.8, 4) is 11.5 Å². The van der Waals surface area contributed by atoms with Gasteiger partial charge in [0.25, 0.3) is 0 Å². The normalized spacial score (nSPS) is 14.2. The van der Waals surface area contributed by atoms with Gasteiger partial charge in [-0.15, -0.1) is 0 Å². The Hall–Kier alpha value is -1.10. The number of halogens is 3. The number of hydrogen-bond donors (Lipinski definition) is 1. The van der Waals surface area contributed by atoms with Crippen molar-refractivity contribution in [2.75, 3.05) is 0 Å². The zero-order chi connectivity index (χ0) is 14.8. The summed E-state index contributed by atoms with van der Waals surface area (Å²) in [6.45, 7) is 0.620. The summed E-state index contributed by atoms with van der Waals surface area (Å²) >= 11 is 9.56. The maximum absolute atomic E-state index is 13.8. The first-order chi connectivity index (χ1) is 10.1. The first-order valence-corrected chi connectivity index (χ1v) is 7.94. The minimum atomic E-state index is -0.403. The van der Waals surface area contributed by atoms with Crippen LogP contribution in [0, 0.1) is 5.82 Å². The molecule has 0 heterocycles. The first kappa shape index (κ1) is 14.8. The van der Waals surface area contributed by atoms with E-state index < -0.39 is 5.82 Å². The second-order valence-corrected chi connectivity index (χ2v) is 6.37. The first-order valence-electron chi connectivity index (χ1n) is 6.77. The fourth-order valence-corrected chi connectivity index (χ4v) is 2.59. The lowest BCUT2D eigenvalue weighted by molar-refractivity contribution is 0.435. The maximum atomic E-state index is 13.8. The van der Waals surface area contributed by atoms with E-state index in [-0.39, 0.29) is 5.75 Å². The van der Waals surface area contributed by atoms with Crippen molar-refractivity contribution in [3.63, 3.8) is 0 Å². The summed E-state index contributed by atoms with van der Waals surface area (Å²) in [6, 6.07) is 10.6. The summed E-state index contributed by atoms with van der Waals surface area (Å²) in [5.41, 5.74) is 0.852. The third-order valence-corrected chi connectivity index (χ3v) is 4.18. The molecule has 2 aromatic rings. The fraction of sp³-hybridized carbons (Fsp3) is 0.250. The minimum absolute atomic E-state index is 0.180. The van der Waals surface area contributed by atoms with Gasteiger partial charge in [-0.25, -0.2) is 4.39 Å². The molecule has 0 amide bonds. The lowest BCUT2D eigenvalue weighted by Crippen LogP contribution is -2.16. The van der Waals surface area contributed by atoms with Crippen LogP contribution in [0.25, 0.3) is 0 Å². The van der Waals surface area contributed by atoms with E-state index in [2.05, 4.69) is 21.2 Å². The summed E-state index contributed by atoms with van der Waals surface area (Å²) in [7, 11) is 0. The predicted octanol–water partition coefficient (Wildman–Crippen LogP) is 5.29. The highest BCUT2D eigenvalue weighted by molar-refractivity contribution is 9.10.